The average Bonchev–Trinajstić information content (AvgIpc) is 2.44. The lowest BCUT2D eigenvalue weighted by molar-refractivity contribution is -0.176. The number of esters is 1. The van der Waals surface area contributed by atoms with Crippen molar-refractivity contribution < 1.29 is 27.5 Å². The molecule has 1 radical (unpaired) electrons. The summed E-state index contributed by atoms with van der Waals surface area (Å²) in [4.78, 5) is 22.6. The standard InChI is InChI=1S/C14H15F3NO3/c1-2-6-11(18-13(20)14(15,16)17)12(19)21-9-10-7-4-3-5-8-10/h3-5,7-8,11H,1-2,6,9H2,(H,18,20)/t11-/m0/s1. The number of hydrogen-bond donors (Lipinski definition) is 1. The van der Waals surface area contributed by atoms with E-state index in [1.165, 1.54) is 0 Å². The lowest BCUT2D eigenvalue weighted by Crippen LogP contribution is -2.47. The van der Waals surface area contributed by atoms with Gasteiger partial charge in [-0.2, -0.15) is 13.2 Å². The molecule has 0 aliphatic rings. The van der Waals surface area contributed by atoms with Crippen molar-refractivity contribution in [2.24, 2.45) is 0 Å². The van der Waals surface area contributed by atoms with E-state index in [9.17, 15) is 22.8 Å². The molecule has 1 rings (SSSR count). The second-order valence-corrected chi connectivity index (χ2v) is 4.26. The van der Waals surface area contributed by atoms with E-state index >= 15 is 0 Å². The number of rotatable bonds is 6. The van der Waals surface area contributed by atoms with Crippen molar-refractivity contribution in [1.82, 2.24) is 5.32 Å². The molecule has 0 saturated heterocycles. The summed E-state index contributed by atoms with van der Waals surface area (Å²) in [6.07, 6.45) is -4.89. The monoisotopic (exact) mass is 302 g/mol. The molecule has 0 aromatic heterocycles. The number of carbonyl (C=O) groups excluding carboxylic acids is 2. The van der Waals surface area contributed by atoms with Crippen molar-refractivity contribution in [2.45, 2.75) is 31.7 Å². The highest BCUT2D eigenvalue weighted by Gasteiger charge is 2.40. The van der Waals surface area contributed by atoms with E-state index in [1.807, 2.05) is 0 Å². The lowest BCUT2D eigenvalue weighted by Gasteiger charge is -2.17. The van der Waals surface area contributed by atoms with E-state index < -0.39 is 24.1 Å². The molecule has 1 aromatic rings. The third-order valence-electron chi connectivity index (χ3n) is 2.56. The Hall–Kier alpha value is -2.05. The normalized spacial score (nSPS) is 12.6. The topological polar surface area (TPSA) is 55.4 Å². The highest BCUT2D eigenvalue weighted by atomic mass is 19.4. The number of benzene rings is 1. The predicted molar refractivity (Wildman–Crippen MR) is 68.8 cm³/mol. The number of hydrogen-bond acceptors (Lipinski definition) is 3. The van der Waals surface area contributed by atoms with Gasteiger partial charge in [-0.05, 0) is 12.0 Å². The fourth-order valence-corrected chi connectivity index (χ4v) is 1.52. The van der Waals surface area contributed by atoms with Crippen LogP contribution in [-0.4, -0.2) is 24.1 Å². The van der Waals surface area contributed by atoms with Crippen LogP contribution in [0, 0.1) is 6.92 Å². The SMILES string of the molecule is [CH2]CC[C@H](NC(=O)C(F)(F)F)C(=O)OCc1ccccc1. The van der Waals surface area contributed by atoms with E-state index in [4.69, 9.17) is 4.74 Å². The van der Waals surface area contributed by atoms with Crippen molar-refractivity contribution in [3.05, 3.63) is 42.8 Å². The summed E-state index contributed by atoms with van der Waals surface area (Å²) in [5, 5.41) is 1.62. The van der Waals surface area contributed by atoms with Crippen molar-refractivity contribution in [3.63, 3.8) is 0 Å². The first-order valence-electron chi connectivity index (χ1n) is 6.22. The second-order valence-electron chi connectivity index (χ2n) is 4.26. The van der Waals surface area contributed by atoms with Crippen LogP contribution >= 0.6 is 0 Å². The van der Waals surface area contributed by atoms with Gasteiger partial charge < -0.3 is 10.1 Å². The zero-order valence-electron chi connectivity index (χ0n) is 11.2. The van der Waals surface area contributed by atoms with Crippen molar-refractivity contribution >= 4 is 11.9 Å². The zero-order valence-corrected chi connectivity index (χ0v) is 11.2. The van der Waals surface area contributed by atoms with E-state index in [0.29, 0.717) is 5.56 Å². The molecule has 0 heterocycles. The Morgan fingerprint density at radius 3 is 2.38 bits per heavy atom. The first-order chi connectivity index (χ1) is 9.84. The maximum atomic E-state index is 12.2. The highest BCUT2D eigenvalue weighted by molar-refractivity contribution is 5.87. The Bertz CT molecular complexity index is 474. The zero-order chi connectivity index (χ0) is 15.9. The van der Waals surface area contributed by atoms with Crippen LogP contribution in [0.5, 0.6) is 0 Å². The predicted octanol–water partition coefficient (Wildman–Crippen LogP) is 2.39. The fraction of sp³-hybridized carbons (Fsp3) is 0.357. The van der Waals surface area contributed by atoms with Crippen LogP contribution in [0.4, 0.5) is 13.2 Å². The Labute approximate surface area is 120 Å². The van der Waals surface area contributed by atoms with Crippen molar-refractivity contribution in [1.29, 1.82) is 0 Å². The summed E-state index contributed by atoms with van der Waals surface area (Å²) in [7, 11) is 0. The summed E-state index contributed by atoms with van der Waals surface area (Å²) in [6, 6.07) is 7.31. The molecule has 0 aliphatic carbocycles. The maximum Gasteiger partial charge on any atom is 0.471 e. The molecule has 4 nitrogen and oxygen atoms in total. The van der Waals surface area contributed by atoms with Gasteiger partial charge in [0.05, 0.1) is 0 Å². The Morgan fingerprint density at radius 2 is 1.86 bits per heavy atom. The van der Waals surface area contributed by atoms with Gasteiger partial charge in [0.15, 0.2) is 0 Å². The molecule has 0 unspecified atom stereocenters. The Morgan fingerprint density at radius 1 is 1.24 bits per heavy atom. The number of amides is 1. The molecule has 0 bridgehead atoms. The van der Waals surface area contributed by atoms with Crippen LogP contribution < -0.4 is 5.32 Å². The molecule has 21 heavy (non-hydrogen) atoms. The molecule has 0 aliphatic heterocycles. The molecule has 1 N–H and O–H groups in total. The van der Waals surface area contributed by atoms with Crippen molar-refractivity contribution in [2.75, 3.05) is 0 Å². The molecule has 1 aromatic carbocycles. The van der Waals surface area contributed by atoms with E-state index in [2.05, 4.69) is 6.92 Å². The molecular formula is C14H15F3NO3. The number of halogens is 3. The summed E-state index contributed by atoms with van der Waals surface area (Å²) < 4.78 is 41.5. The maximum absolute atomic E-state index is 12.2. The molecule has 0 saturated carbocycles. The molecule has 115 valence electrons. The smallest absolute Gasteiger partial charge is 0.459 e. The van der Waals surface area contributed by atoms with E-state index in [1.54, 1.807) is 35.6 Å². The van der Waals surface area contributed by atoms with Crippen LogP contribution in [-0.2, 0) is 20.9 Å². The number of nitrogens with one attached hydrogen (secondary N) is 1. The largest absolute Gasteiger partial charge is 0.471 e. The first kappa shape index (κ1) is 17.0. The molecule has 7 heteroatoms. The third-order valence-corrected chi connectivity index (χ3v) is 2.56. The molecular weight excluding hydrogens is 287 g/mol. The van der Waals surface area contributed by atoms with Crippen LogP contribution in [0.2, 0.25) is 0 Å². The highest BCUT2D eigenvalue weighted by Crippen LogP contribution is 2.15. The van der Waals surface area contributed by atoms with Gasteiger partial charge in [0.1, 0.15) is 12.6 Å². The van der Waals surface area contributed by atoms with Gasteiger partial charge in [-0.1, -0.05) is 43.7 Å². The van der Waals surface area contributed by atoms with Crippen LogP contribution in [0.25, 0.3) is 0 Å². The summed E-state index contributed by atoms with van der Waals surface area (Å²) in [5.41, 5.74) is 0.696. The van der Waals surface area contributed by atoms with Gasteiger partial charge >= 0.3 is 18.1 Å². The van der Waals surface area contributed by atoms with E-state index in [-0.39, 0.29) is 19.4 Å². The van der Waals surface area contributed by atoms with Gasteiger partial charge in [0.25, 0.3) is 0 Å². The molecule has 1 amide bonds. The van der Waals surface area contributed by atoms with Crippen molar-refractivity contribution in [3.8, 4) is 0 Å². The average molecular weight is 302 g/mol. The molecule has 0 spiro atoms. The molecule has 1 atom stereocenters. The second kappa shape index (κ2) is 7.66. The number of ether oxygens (including phenoxy) is 1. The number of alkyl halides is 3. The Kier molecular flexibility index (Phi) is 6.20. The van der Waals surface area contributed by atoms with Gasteiger partial charge in [-0.25, -0.2) is 4.79 Å². The lowest BCUT2D eigenvalue weighted by atomic mass is 10.1. The minimum atomic E-state index is -5.04. The van der Waals surface area contributed by atoms with Crippen LogP contribution in [0.15, 0.2) is 30.3 Å². The minimum Gasteiger partial charge on any atom is -0.459 e. The van der Waals surface area contributed by atoms with E-state index in [0.717, 1.165) is 0 Å². The van der Waals surface area contributed by atoms with Gasteiger partial charge in [-0.15, -0.1) is 0 Å². The third kappa shape index (κ3) is 5.85. The van der Waals surface area contributed by atoms with Crippen LogP contribution in [0.3, 0.4) is 0 Å². The summed E-state index contributed by atoms with van der Waals surface area (Å²) >= 11 is 0. The molecule has 0 fully saturated rings. The minimum absolute atomic E-state index is 0.0323. The van der Waals surface area contributed by atoms with Gasteiger partial charge in [0.2, 0.25) is 0 Å². The Balaban J connectivity index is 2.59. The quantitative estimate of drug-likeness (QED) is 0.821. The van der Waals surface area contributed by atoms with Gasteiger partial charge in [-0.3, -0.25) is 4.79 Å². The van der Waals surface area contributed by atoms with Crippen LogP contribution in [0.1, 0.15) is 18.4 Å². The fourth-order valence-electron chi connectivity index (χ4n) is 1.52. The summed E-state index contributed by atoms with van der Waals surface area (Å²) in [6.45, 7) is 3.38. The van der Waals surface area contributed by atoms with Gasteiger partial charge in [0, 0.05) is 0 Å². The number of carbonyl (C=O) groups is 2. The first-order valence-corrected chi connectivity index (χ1v) is 6.22. The summed E-state index contributed by atoms with van der Waals surface area (Å²) in [5.74, 6) is -3.09.